The SMILES string of the molecule is Cc1c(CB2OC3CC4CC(C4(C)C)[C@]3(C)O2)ccc(F)c1C(=O)OC(C)(C)C. The topological polar surface area (TPSA) is 44.8 Å². The van der Waals surface area contributed by atoms with Crippen LogP contribution >= 0.6 is 0 Å². The number of carbonyl (C=O) groups excluding carboxylic acids is 1. The Labute approximate surface area is 173 Å². The van der Waals surface area contributed by atoms with E-state index in [2.05, 4.69) is 20.8 Å². The van der Waals surface area contributed by atoms with Gasteiger partial charge in [-0.25, -0.2) is 9.18 Å². The molecule has 3 aliphatic carbocycles. The lowest BCUT2D eigenvalue weighted by Crippen LogP contribution is -2.65. The van der Waals surface area contributed by atoms with Gasteiger partial charge in [0.2, 0.25) is 0 Å². The highest BCUT2D eigenvalue weighted by Gasteiger charge is 2.67. The molecule has 3 unspecified atom stereocenters. The zero-order chi connectivity index (χ0) is 21.4. The summed E-state index contributed by atoms with van der Waals surface area (Å²) in [5.41, 5.74) is 0.788. The van der Waals surface area contributed by atoms with Crippen molar-refractivity contribution >= 4 is 13.1 Å². The molecule has 0 radical (unpaired) electrons. The number of carbonyl (C=O) groups is 1. The van der Waals surface area contributed by atoms with Gasteiger partial charge in [-0.3, -0.25) is 0 Å². The molecule has 0 spiro atoms. The molecule has 1 aromatic rings. The molecule has 1 heterocycles. The second kappa shape index (κ2) is 6.55. The molecule has 4 nitrogen and oxygen atoms in total. The fraction of sp³-hybridized carbons (Fsp3) is 0.696. The lowest BCUT2D eigenvalue weighted by molar-refractivity contribution is -0.199. The maximum absolute atomic E-state index is 14.5. The first-order valence-corrected chi connectivity index (χ1v) is 10.7. The van der Waals surface area contributed by atoms with Gasteiger partial charge in [0, 0.05) is 6.32 Å². The molecular formula is C23H32BFO4. The maximum atomic E-state index is 14.5. The van der Waals surface area contributed by atoms with E-state index in [1.807, 2.05) is 0 Å². The van der Waals surface area contributed by atoms with Crippen molar-refractivity contribution in [1.29, 1.82) is 0 Å². The summed E-state index contributed by atoms with van der Waals surface area (Å²) in [5, 5.41) is 0. The standard InChI is InChI=1S/C23H32BFO4/c1-13-14(8-9-16(25)19(13)20(26)27-21(2,3)4)12-24-28-18-11-15-10-17(22(15,5)6)23(18,7)29-24/h8-9,15,17-18H,10-12H2,1-7H3/t15?,17?,18?,23-/m0/s1. The molecule has 4 aliphatic rings. The second-order valence-electron chi connectivity index (χ2n) is 10.8. The third-order valence-corrected chi connectivity index (χ3v) is 7.52. The van der Waals surface area contributed by atoms with Crippen molar-refractivity contribution in [2.45, 2.75) is 84.9 Å². The number of rotatable bonds is 3. The molecule has 29 heavy (non-hydrogen) atoms. The smallest absolute Gasteiger partial charge is 0.456 e. The van der Waals surface area contributed by atoms with Crippen LogP contribution in [-0.2, 0) is 20.4 Å². The summed E-state index contributed by atoms with van der Waals surface area (Å²) < 4.78 is 32.6. The van der Waals surface area contributed by atoms with Crippen LogP contribution < -0.4 is 0 Å². The van der Waals surface area contributed by atoms with E-state index in [-0.39, 0.29) is 24.4 Å². The first-order valence-electron chi connectivity index (χ1n) is 10.7. The highest BCUT2D eigenvalue weighted by atomic mass is 19.1. The highest BCUT2D eigenvalue weighted by Crippen LogP contribution is 2.65. The van der Waals surface area contributed by atoms with E-state index in [0.29, 0.717) is 29.1 Å². The number of benzene rings is 1. The summed E-state index contributed by atoms with van der Waals surface area (Å²) in [4.78, 5) is 12.5. The van der Waals surface area contributed by atoms with E-state index in [4.69, 9.17) is 14.0 Å². The van der Waals surface area contributed by atoms with Crippen LogP contribution in [-0.4, -0.2) is 30.4 Å². The Morgan fingerprint density at radius 3 is 2.59 bits per heavy atom. The van der Waals surface area contributed by atoms with E-state index in [9.17, 15) is 9.18 Å². The van der Waals surface area contributed by atoms with Crippen LogP contribution in [0.2, 0.25) is 0 Å². The molecule has 0 amide bonds. The summed E-state index contributed by atoms with van der Waals surface area (Å²) in [6, 6.07) is 3.06. The van der Waals surface area contributed by atoms with Gasteiger partial charge in [-0.05, 0) is 81.9 Å². The summed E-state index contributed by atoms with van der Waals surface area (Å²) in [6.07, 6.45) is 2.83. The molecule has 6 heteroatoms. The maximum Gasteiger partial charge on any atom is 0.462 e. The lowest BCUT2D eigenvalue weighted by Gasteiger charge is -2.64. The van der Waals surface area contributed by atoms with Crippen LogP contribution in [0.3, 0.4) is 0 Å². The van der Waals surface area contributed by atoms with Crippen molar-refractivity contribution in [1.82, 2.24) is 0 Å². The number of hydrogen-bond acceptors (Lipinski definition) is 4. The number of esters is 1. The molecule has 5 rings (SSSR count). The second-order valence-corrected chi connectivity index (χ2v) is 10.8. The predicted octanol–water partition coefficient (Wildman–Crippen LogP) is 4.90. The van der Waals surface area contributed by atoms with Crippen LogP contribution in [0.15, 0.2) is 12.1 Å². The van der Waals surface area contributed by atoms with Gasteiger partial charge in [0.15, 0.2) is 0 Å². The van der Waals surface area contributed by atoms with Gasteiger partial charge in [0.05, 0.1) is 17.3 Å². The average Bonchev–Trinajstić information content (AvgIpc) is 2.91. The highest BCUT2D eigenvalue weighted by molar-refractivity contribution is 6.45. The van der Waals surface area contributed by atoms with E-state index in [0.717, 1.165) is 12.0 Å². The lowest BCUT2D eigenvalue weighted by atomic mass is 9.43. The van der Waals surface area contributed by atoms with Crippen molar-refractivity contribution in [3.05, 3.63) is 34.6 Å². The normalized spacial score (nSPS) is 32.6. The van der Waals surface area contributed by atoms with Crippen molar-refractivity contribution in [3.8, 4) is 0 Å². The van der Waals surface area contributed by atoms with Crippen molar-refractivity contribution in [2.75, 3.05) is 0 Å². The minimum atomic E-state index is -0.679. The summed E-state index contributed by atoms with van der Waals surface area (Å²) in [6.45, 7) is 13.9. The first kappa shape index (κ1) is 20.9. The molecule has 1 saturated heterocycles. The number of ether oxygens (including phenoxy) is 1. The number of halogens is 1. The van der Waals surface area contributed by atoms with Gasteiger partial charge in [0.25, 0.3) is 0 Å². The zero-order valence-corrected chi connectivity index (χ0v) is 18.6. The predicted molar refractivity (Wildman–Crippen MR) is 110 cm³/mol. The van der Waals surface area contributed by atoms with E-state index in [1.54, 1.807) is 33.8 Å². The number of hydrogen-bond donors (Lipinski definition) is 0. The van der Waals surface area contributed by atoms with Crippen molar-refractivity contribution in [2.24, 2.45) is 17.3 Å². The van der Waals surface area contributed by atoms with Crippen LogP contribution in [0.4, 0.5) is 4.39 Å². The van der Waals surface area contributed by atoms with Gasteiger partial charge in [-0.1, -0.05) is 19.9 Å². The van der Waals surface area contributed by atoms with Crippen molar-refractivity contribution < 1.29 is 23.2 Å². The minimum absolute atomic E-state index is 0.00226. The molecular weight excluding hydrogens is 370 g/mol. The third-order valence-electron chi connectivity index (χ3n) is 7.52. The fourth-order valence-electron chi connectivity index (χ4n) is 5.74. The Morgan fingerprint density at radius 1 is 1.28 bits per heavy atom. The average molecular weight is 402 g/mol. The molecule has 4 fully saturated rings. The van der Waals surface area contributed by atoms with Crippen molar-refractivity contribution in [3.63, 3.8) is 0 Å². The molecule has 2 bridgehead atoms. The summed E-state index contributed by atoms with van der Waals surface area (Å²) in [7, 11) is -0.379. The summed E-state index contributed by atoms with van der Waals surface area (Å²) >= 11 is 0. The molecule has 1 aromatic carbocycles. The van der Waals surface area contributed by atoms with Gasteiger partial charge in [-0.15, -0.1) is 0 Å². The quantitative estimate of drug-likeness (QED) is 0.533. The van der Waals surface area contributed by atoms with Crippen LogP contribution in [0.25, 0.3) is 0 Å². The fourth-order valence-corrected chi connectivity index (χ4v) is 5.74. The van der Waals surface area contributed by atoms with E-state index >= 15 is 0 Å². The molecule has 0 aromatic heterocycles. The Morgan fingerprint density at radius 2 is 1.97 bits per heavy atom. The van der Waals surface area contributed by atoms with Gasteiger partial charge < -0.3 is 14.0 Å². The van der Waals surface area contributed by atoms with E-state index < -0.39 is 17.4 Å². The Kier molecular flexibility index (Phi) is 4.71. The molecule has 0 N–H and O–H groups in total. The van der Waals surface area contributed by atoms with Gasteiger partial charge >= 0.3 is 13.1 Å². The van der Waals surface area contributed by atoms with Gasteiger partial charge in [0.1, 0.15) is 11.4 Å². The monoisotopic (exact) mass is 402 g/mol. The minimum Gasteiger partial charge on any atom is -0.456 e. The Hall–Kier alpha value is -1.40. The van der Waals surface area contributed by atoms with Crippen LogP contribution in [0.1, 0.15) is 75.9 Å². The zero-order valence-electron chi connectivity index (χ0n) is 18.6. The molecule has 4 atom stereocenters. The van der Waals surface area contributed by atoms with Crippen LogP contribution in [0.5, 0.6) is 0 Å². The van der Waals surface area contributed by atoms with Crippen LogP contribution in [0, 0.1) is 30.0 Å². The Balaban J connectivity index is 1.54. The Bertz CT molecular complexity index is 846. The molecule has 158 valence electrons. The first-order chi connectivity index (χ1) is 13.3. The van der Waals surface area contributed by atoms with E-state index in [1.165, 1.54) is 12.5 Å². The molecule has 1 aliphatic heterocycles. The van der Waals surface area contributed by atoms with Gasteiger partial charge in [-0.2, -0.15) is 0 Å². The largest absolute Gasteiger partial charge is 0.462 e. The third kappa shape index (κ3) is 3.32. The summed E-state index contributed by atoms with van der Waals surface area (Å²) in [5.74, 6) is -0.00239. The molecule has 3 saturated carbocycles.